The molecular formula is C28H34BrN3O4S. The summed E-state index contributed by atoms with van der Waals surface area (Å²) in [6.07, 6.45) is 1.37. The van der Waals surface area contributed by atoms with Crippen molar-refractivity contribution in [1.29, 1.82) is 0 Å². The van der Waals surface area contributed by atoms with E-state index in [2.05, 4.69) is 21.2 Å². The number of methoxy groups -OCH3 is 2. The number of hydrogen-bond acceptors (Lipinski definition) is 5. The summed E-state index contributed by atoms with van der Waals surface area (Å²) in [5, 5.41) is 4.95. The fraction of sp³-hybridized carbons (Fsp3) is 0.357. The third-order valence-corrected chi connectivity index (χ3v) is 7.76. The fourth-order valence-electron chi connectivity index (χ4n) is 3.83. The molecule has 0 aliphatic carbocycles. The topological polar surface area (TPSA) is 71.1 Å². The van der Waals surface area contributed by atoms with E-state index < -0.39 is 0 Å². The maximum atomic E-state index is 13.6. The molecule has 1 unspecified atom stereocenters. The van der Waals surface area contributed by atoms with Crippen molar-refractivity contribution in [2.45, 2.75) is 39.3 Å². The van der Waals surface area contributed by atoms with Crippen LogP contribution in [-0.2, 0) is 17.8 Å². The summed E-state index contributed by atoms with van der Waals surface area (Å²) < 4.78 is 11.6. The Morgan fingerprint density at radius 3 is 2.46 bits per heavy atom. The van der Waals surface area contributed by atoms with Crippen molar-refractivity contribution in [3.63, 3.8) is 0 Å². The number of benzene rings is 2. The Balaban J connectivity index is 1.76. The number of thiophene rings is 1. The first-order valence-electron chi connectivity index (χ1n) is 12.2. The number of anilines is 1. The van der Waals surface area contributed by atoms with E-state index >= 15 is 0 Å². The Hall–Kier alpha value is -3.04. The highest BCUT2D eigenvalue weighted by Crippen LogP contribution is 2.28. The number of rotatable bonds is 12. The molecule has 1 heterocycles. The smallest absolute Gasteiger partial charge is 0.322 e. The van der Waals surface area contributed by atoms with Crippen molar-refractivity contribution in [1.82, 2.24) is 9.80 Å². The number of para-hydroxylation sites is 1. The standard InChI is InChI=1S/C28H34BrN3O4S/c1-5-20(2)32(28(34)30-24-11-7-6-10-23(24)29)19-27(33)31(18-22-9-8-16-37-22)15-14-21-12-13-25(35-3)26(17-21)36-4/h6-13,16-17,20H,5,14-15,18-19H2,1-4H3,(H,30,34). The predicted molar refractivity (Wildman–Crippen MR) is 153 cm³/mol. The first kappa shape index (κ1) is 28.5. The molecule has 0 bridgehead atoms. The summed E-state index contributed by atoms with van der Waals surface area (Å²) in [6.45, 7) is 4.95. The maximum Gasteiger partial charge on any atom is 0.322 e. The lowest BCUT2D eigenvalue weighted by Crippen LogP contribution is -2.48. The summed E-state index contributed by atoms with van der Waals surface area (Å²) in [5.41, 5.74) is 1.70. The van der Waals surface area contributed by atoms with Gasteiger partial charge in [0.25, 0.3) is 0 Å². The zero-order valence-corrected chi connectivity index (χ0v) is 24.1. The third kappa shape index (κ3) is 7.97. The zero-order chi connectivity index (χ0) is 26.8. The number of nitrogens with zero attached hydrogens (tertiary/aromatic N) is 2. The minimum atomic E-state index is -0.300. The molecule has 3 amide bonds. The molecular weight excluding hydrogens is 554 g/mol. The number of carbonyl (C=O) groups is 2. The Kier molecular flexibility index (Phi) is 10.8. The van der Waals surface area contributed by atoms with Gasteiger partial charge in [0.2, 0.25) is 5.91 Å². The summed E-state index contributed by atoms with van der Waals surface area (Å²) in [4.78, 5) is 31.4. The third-order valence-electron chi connectivity index (χ3n) is 6.20. The van der Waals surface area contributed by atoms with Gasteiger partial charge in [-0.25, -0.2) is 4.79 Å². The normalized spacial score (nSPS) is 11.5. The predicted octanol–water partition coefficient (Wildman–Crippen LogP) is 6.43. The molecule has 2 aromatic carbocycles. The fourth-order valence-corrected chi connectivity index (χ4v) is 4.93. The molecule has 0 saturated carbocycles. The monoisotopic (exact) mass is 587 g/mol. The summed E-state index contributed by atoms with van der Waals surface area (Å²) in [5.74, 6) is 1.22. The first-order chi connectivity index (χ1) is 17.9. The van der Waals surface area contributed by atoms with Gasteiger partial charge in [0, 0.05) is 21.9 Å². The van der Waals surface area contributed by atoms with Crippen molar-refractivity contribution < 1.29 is 19.1 Å². The van der Waals surface area contributed by atoms with Crippen molar-refractivity contribution in [2.24, 2.45) is 0 Å². The van der Waals surface area contributed by atoms with E-state index in [1.54, 1.807) is 30.5 Å². The minimum Gasteiger partial charge on any atom is -0.493 e. The van der Waals surface area contributed by atoms with E-state index in [0.29, 0.717) is 36.7 Å². The Morgan fingerprint density at radius 1 is 1.05 bits per heavy atom. The van der Waals surface area contributed by atoms with E-state index in [1.165, 1.54) is 0 Å². The largest absolute Gasteiger partial charge is 0.493 e. The van der Waals surface area contributed by atoms with Gasteiger partial charge in [0.05, 0.1) is 26.5 Å². The van der Waals surface area contributed by atoms with Crippen LogP contribution in [0.2, 0.25) is 0 Å². The molecule has 1 atom stereocenters. The Morgan fingerprint density at radius 2 is 1.81 bits per heavy atom. The molecule has 3 aromatic rings. The van der Waals surface area contributed by atoms with Gasteiger partial charge < -0.3 is 24.6 Å². The average Bonchev–Trinajstić information content (AvgIpc) is 3.43. The molecule has 1 N–H and O–H groups in total. The second-order valence-corrected chi connectivity index (χ2v) is 10.5. The molecule has 0 spiro atoms. The van der Waals surface area contributed by atoms with Crippen molar-refractivity contribution in [2.75, 3.05) is 32.6 Å². The average molecular weight is 589 g/mol. The number of nitrogens with one attached hydrogen (secondary N) is 1. The first-order valence-corrected chi connectivity index (χ1v) is 13.9. The van der Waals surface area contributed by atoms with Crippen LogP contribution in [0.3, 0.4) is 0 Å². The number of urea groups is 1. The SMILES string of the molecule is CCC(C)N(CC(=O)N(CCc1ccc(OC)c(OC)c1)Cc1cccs1)C(=O)Nc1ccccc1Br. The van der Waals surface area contributed by atoms with Gasteiger partial charge in [0.1, 0.15) is 6.54 Å². The van der Waals surface area contributed by atoms with Crippen molar-refractivity contribution >= 4 is 44.9 Å². The molecule has 0 radical (unpaired) electrons. The van der Waals surface area contributed by atoms with Crippen LogP contribution in [0.1, 0.15) is 30.7 Å². The van der Waals surface area contributed by atoms with Crippen molar-refractivity contribution in [3.05, 3.63) is 74.9 Å². The van der Waals surface area contributed by atoms with Crippen molar-refractivity contribution in [3.8, 4) is 11.5 Å². The number of ether oxygens (including phenoxy) is 2. The van der Waals surface area contributed by atoms with Crippen LogP contribution >= 0.6 is 27.3 Å². The van der Waals surface area contributed by atoms with E-state index in [9.17, 15) is 9.59 Å². The molecule has 0 fully saturated rings. The van der Waals surface area contributed by atoms with Crippen LogP contribution in [0.4, 0.5) is 10.5 Å². The number of amides is 3. The van der Waals surface area contributed by atoms with Gasteiger partial charge in [-0.3, -0.25) is 4.79 Å². The van der Waals surface area contributed by atoms with Gasteiger partial charge in [-0.05, 0) is 77.0 Å². The van der Waals surface area contributed by atoms with Gasteiger partial charge in [-0.15, -0.1) is 11.3 Å². The second kappa shape index (κ2) is 14.0. The summed E-state index contributed by atoms with van der Waals surface area (Å²) in [6, 6.07) is 16.8. The highest BCUT2D eigenvalue weighted by atomic mass is 79.9. The number of hydrogen-bond donors (Lipinski definition) is 1. The van der Waals surface area contributed by atoms with E-state index in [4.69, 9.17) is 9.47 Å². The molecule has 0 aliphatic rings. The minimum absolute atomic E-state index is 0.0113. The molecule has 7 nitrogen and oxygen atoms in total. The molecule has 9 heteroatoms. The van der Waals surface area contributed by atoms with Gasteiger partial charge in [0.15, 0.2) is 11.5 Å². The summed E-state index contributed by atoms with van der Waals surface area (Å²) >= 11 is 5.09. The van der Waals surface area contributed by atoms with E-state index in [1.807, 2.05) is 78.7 Å². The lowest BCUT2D eigenvalue weighted by Gasteiger charge is -2.31. The Bertz CT molecular complexity index is 1170. The maximum absolute atomic E-state index is 13.6. The van der Waals surface area contributed by atoms with Gasteiger partial charge in [-0.2, -0.15) is 0 Å². The zero-order valence-electron chi connectivity index (χ0n) is 21.7. The molecule has 37 heavy (non-hydrogen) atoms. The van der Waals surface area contributed by atoms with Gasteiger partial charge >= 0.3 is 6.03 Å². The summed E-state index contributed by atoms with van der Waals surface area (Å²) in [7, 11) is 3.21. The lowest BCUT2D eigenvalue weighted by atomic mass is 10.1. The quantitative estimate of drug-likeness (QED) is 0.265. The second-order valence-electron chi connectivity index (χ2n) is 8.63. The molecule has 198 valence electrons. The number of carbonyl (C=O) groups excluding carboxylic acids is 2. The van der Waals surface area contributed by atoms with Crippen LogP contribution < -0.4 is 14.8 Å². The van der Waals surface area contributed by atoms with Crippen LogP contribution in [0.15, 0.2) is 64.5 Å². The van der Waals surface area contributed by atoms with Crippen LogP contribution in [0.25, 0.3) is 0 Å². The number of halogens is 1. The molecule has 1 aromatic heterocycles. The molecule has 0 aliphatic heterocycles. The van der Waals surface area contributed by atoms with E-state index in [0.717, 1.165) is 21.3 Å². The van der Waals surface area contributed by atoms with Crippen LogP contribution in [-0.4, -0.2) is 55.1 Å². The Labute approximate surface area is 231 Å². The highest BCUT2D eigenvalue weighted by Gasteiger charge is 2.25. The molecule has 0 saturated heterocycles. The van der Waals surface area contributed by atoms with Gasteiger partial charge in [-0.1, -0.05) is 31.2 Å². The van der Waals surface area contributed by atoms with Crippen LogP contribution in [0, 0.1) is 0 Å². The highest BCUT2D eigenvalue weighted by molar-refractivity contribution is 9.10. The van der Waals surface area contributed by atoms with Crippen LogP contribution in [0.5, 0.6) is 11.5 Å². The molecule has 3 rings (SSSR count). The van der Waals surface area contributed by atoms with E-state index in [-0.39, 0.29) is 24.5 Å². The lowest BCUT2D eigenvalue weighted by molar-refractivity contribution is -0.132.